The molecule has 1 atom stereocenters. The van der Waals surface area contributed by atoms with E-state index in [-0.39, 0.29) is 23.3 Å². The highest BCUT2D eigenvalue weighted by molar-refractivity contribution is 7.89. The first-order chi connectivity index (χ1) is 11.3. The van der Waals surface area contributed by atoms with E-state index in [1.165, 1.54) is 12.1 Å². The number of hydrogen-bond donors (Lipinski definition) is 2. The molecular formula is C17H20N2O4S. The minimum Gasteiger partial charge on any atom is -0.496 e. The molecule has 1 unspecified atom stereocenters. The van der Waals surface area contributed by atoms with Gasteiger partial charge in [-0.05, 0) is 30.7 Å². The first kappa shape index (κ1) is 18.0. The van der Waals surface area contributed by atoms with Gasteiger partial charge in [0.15, 0.2) is 0 Å². The Kier molecular flexibility index (Phi) is 5.58. The number of nitrogens with two attached hydrogens (primary N) is 1. The molecule has 7 heteroatoms. The second-order valence-corrected chi connectivity index (χ2v) is 6.96. The van der Waals surface area contributed by atoms with E-state index in [1.807, 2.05) is 18.2 Å². The number of primary sulfonamides is 1. The highest BCUT2D eigenvalue weighted by Crippen LogP contribution is 2.19. The third-order valence-electron chi connectivity index (χ3n) is 3.61. The van der Waals surface area contributed by atoms with E-state index in [1.54, 1.807) is 32.2 Å². The molecule has 0 radical (unpaired) electrons. The summed E-state index contributed by atoms with van der Waals surface area (Å²) < 4.78 is 28.1. The van der Waals surface area contributed by atoms with E-state index in [0.29, 0.717) is 11.3 Å². The fraction of sp³-hybridized carbons (Fsp3) is 0.235. The Labute approximate surface area is 141 Å². The summed E-state index contributed by atoms with van der Waals surface area (Å²) in [6, 6.07) is 13.2. The number of rotatable bonds is 6. The SMILES string of the molecule is COc1ccccc1CC(=O)NC(C)c1cccc(S(N)(=O)=O)c1. The van der Waals surface area contributed by atoms with E-state index in [9.17, 15) is 13.2 Å². The van der Waals surface area contributed by atoms with Crippen LogP contribution in [0.2, 0.25) is 0 Å². The van der Waals surface area contributed by atoms with Crippen molar-refractivity contribution in [3.05, 3.63) is 59.7 Å². The predicted molar refractivity (Wildman–Crippen MR) is 91.1 cm³/mol. The number of carbonyl (C=O) groups excluding carboxylic acids is 1. The largest absolute Gasteiger partial charge is 0.496 e. The van der Waals surface area contributed by atoms with Crippen LogP contribution in [0.25, 0.3) is 0 Å². The molecule has 6 nitrogen and oxygen atoms in total. The Bertz CT molecular complexity index is 834. The second kappa shape index (κ2) is 7.46. The average Bonchev–Trinajstić information content (AvgIpc) is 2.54. The van der Waals surface area contributed by atoms with Crippen LogP contribution < -0.4 is 15.2 Å². The predicted octanol–water partition coefficient (Wildman–Crippen LogP) is 1.76. The lowest BCUT2D eigenvalue weighted by Gasteiger charge is -2.16. The van der Waals surface area contributed by atoms with Gasteiger partial charge in [-0.3, -0.25) is 4.79 Å². The Balaban J connectivity index is 2.09. The number of benzene rings is 2. The van der Waals surface area contributed by atoms with Gasteiger partial charge in [-0.25, -0.2) is 13.6 Å². The topological polar surface area (TPSA) is 98.5 Å². The lowest BCUT2D eigenvalue weighted by atomic mass is 10.1. The summed E-state index contributed by atoms with van der Waals surface area (Å²) in [4.78, 5) is 12.3. The summed E-state index contributed by atoms with van der Waals surface area (Å²) in [5.74, 6) is 0.463. The van der Waals surface area contributed by atoms with E-state index >= 15 is 0 Å². The highest BCUT2D eigenvalue weighted by atomic mass is 32.2. The standard InChI is InChI=1S/C17H20N2O4S/c1-12(13-7-5-8-15(10-13)24(18,21)22)19-17(20)11-14-6-3-4-9-16(14)23-2/h3-10,12H,11H2,1-2H3,(H,19,20)(H2,18,21,22). The molecule has 0 saturated carbocycles. The molecule has 0 bridgehead atoms. The number of para-hydroxylation sites is 1. The molecule has 0 heterocycles. The summed E-state index contributed by atoms with van der Waals surface area (Å²) in [5.41, 5.74) is 1.44. The summed E-state index contributed by atoms with van der Waals surface area (Å²) in [6.45, 7) is 1.78. The molecule has 0 aromatic heterocycles. The molecular weight excluding hydrogens is 328 g/mol. The number of amides is 1. The smallest absolute Gasteiger partial charge is 0.238 e. The van der Waals surface area contributed by atoms with Gasteiger partial charge in [0.1, 0.15) is 5.75 Å². The van der Waals surface area contributed by atoms with Crippen LogP contribution in [-0.2, 0) is 21.2 Å². The van der Waals surface area contributed by atoms with Crippen molar-refractivity contribution in [1.82, 2.24) is 5.32 Å². The fourth-order valence-electron chi connectivity index (χ4n) is 2.36. The van der Waals surface area contributed by atoms with Crippen LogP contribution in [0.1, 0.15) is 24.1 Å². The summed E-state index contributed by atoms with van der Waals surface area (Å²) in [7, 11) is -2.22. The maximum absolute atomic E-state index is 12.2. The number of nitrogens with one attached hydrogen (secondary N) is 1. The number of methoxy groups -OCH3 is 1. The lowest BCUT2D eigenvalue weighted by Crippen LogP contribution is -2.28. The highest BCUT2D eigenvalue weighted by Gasteiger charge is 2.15. The summed E-state index contributed by atoms with van der Waals surface area (Å²) in [6.07, 6.45) is 0.170. The molecule has 0 aliphatic heterocycles. The molecule has 128 valence electrons. The molecule has 2 rings (SSSR count). The van der Waals surface area contributed by atoms with E-state index in [0.717, 1.165) is 5.56 Å². The molecule has 24 heavy (non-hydrogen) atoms. The normalized spacial score (nSPS) is 12.5. The van der Waals surface area contributed by atoms with E-state index in [2.05, 4.69) is 5.32 Å². The van der Waals surface area contributed by atoms with E-state index in [4.69, 9.17) is 9.88 Å². The van der Waals surface area contributed by atoms with Gasteiger partial charge >= 0.3 is 0 Å². The third kappa shape index (κ3) is 4.56. The molecule has 2 aromatic carbocycles. The monoisotopic (exact) mass is 348 g/mol. The van der Waals surface area contributed by atoms with Gasteiger partial charge in [0.05, 0.1) is 24.5 Å². The van der Waals surface area contributed by atoms with Gasteiger partial charge in [-0.2, -0.15) is 0 Å². The molecule has 0 aliphatic carbocycles. The van der Waals surface area contributed by atoms with Crippen molar-refractivity contribution in [2.45, 2.75) is 24.3 Å². The first-order valence-corrected chi connectivity index (χ1v) is 8.90. The molecule has 0 aliphatic rings. The van der Waals surface area contributed by atoms with Crippen molar-refractivity contribution >= 4 is 15.9 Å². The van der Waals surface area contributed by atoms with Crippen LogP contribution >= 0.6 is 0 Å². The van der Waals surface area contributed by atoms with Crippen molar-refractivity contribution < 1.29 is 17.9 Å². The summed E-state index contributed by atoms with van der Waals surface area (Å²) in [5, 5.41) is 7.98. The number of carbonyl (C=O) groups is 1. The Morgan fingerprint density at radius 1 is 1.21 bits per heavy atom. The van der Waals surface area contributed by atoms with Crippen LogP contribution in [0.15, 0.2) is 53.4 Å². The van der Waals surface area contributed by atoms with Crippen molar-refractivity contribution in [3.8, 4) is 5.75 Å². The first-order valence-electron chi connectivity index (χ1n) is 7.35. The van der Waals surface area contributed by atoms with Crippen LogP contribution in [0.4, 0.5) is 0 Å². The number of ether oxygens (including phenoxy) is 1. The summed E-state index contributed by atoms with van der Waals surface area (Å²) >= 11 is 0. The Hall–Kier alpha value is -2.38. The van der Waals surface area contributed by atoms with E-state index < -0.39 is 10.0 Å². The maximum Gasteiger partial charge on any atom is 0.238 e. The van der Waals surface area contributed by atoms with Crippen LogP contribution in [0.3, 0.4) is 0 Å². The van der Waals surface area contributed by atoms with Gasteiger partial charge in [0.25, 0.3) is 0 Å². The van der Waals surface area contributed by atoms with Crippen molar-refractivity contribution in [2.24, 2.45) is 5.14 Å². The number of hydrogen-bond acceptors (Lipinski definition) is 4. The Morgan fingerprint density at radius 2 is 1.92 bits per heavy atom. The van der Waals surface area contributed by atoms with Crippen LogP contribution in [0.5, 0.6) is 5.75 Å². The number of sulfonamides is 1. The molecule has 2 aromatic rings. The zero-order valence-corrected chi connectivity index (χ0v) is 14.3. The van der Waals surface area contributed by atoms with Crippen LogP contribution in [-0.4, -0.2) is 21.4 Å². The lowest BCUT2D eigenvalue weighted by molar-refractivity contribution is -0.121. The zero-order chi connectivity index (χ0) is 17.7. The quantitative estimate of drug-likeness (QED) is 0.831. The van der Waals surface area contributed by atoms with Gasteiger partial charge in [0.2, 0.25) is 15.9 Å². The average molecular weight is 348 g/mol. The van der Waals surface area contributed by atoms with Gasteiger partial charge in [-0.1, -0.05) is 30.3 Å². The molecule has 0 fully saturated rings. The van der Waals surface area contributed by atoms with Gasteiger partial charge in [0, 0.05) is 5.56 Å². The minimum atomic E-state index is -3.77. The van der Waals surface area contributed by atoms with Gasteiger partial charge < -0.3 is 10.1 Å². The molecule has 0 saturated heterocycles. The fourth-order valence-corrected chi connectivity index (χ4v) is 2.93. The van der Waals surface area contributed by atoms with Gasteiger partial charge in [-0.15, -0.1) is 0 Å². The molecule has 3 N–H and O–H groups in total. The second-order valence-electron chi connectivity index (χ2n) is 5.40. The van der Waals surface area contributed by atoms with Crippen molar-refractivity contribution in [1.29, 1.82) is 0 Å². The molecule has 1 amide bonds. The van der Waals surface area contributed by atoms with Crippen molar-refractivity contribution in [3.63, 3.8) is 0 Å². The zero-order valence-electron chi connectivity index (χ0n) is 13.5. The minimum absolute atomic E-state index is 0.0193. The Morgan fingerprint density at radius 3 is 2.58 bits per heavy atom. The molecule has 0 spiro atoms. The maximum atomic E-state index is 12.2. The third-order valence-corrected chi connectivity index (χ3v) is 4.52. The van der Waals surface area contributed by atoms with Crippen molar-refractivity contribution in [2.75, 3.05) is 7.11 Å². The van der Waals surface area contributed by atoms with Crippen LogP contribution in [0, 0.1) is 0 Å².